The molecule has 4 unspecified atom stereocenters. The maximum atomic E-state index is 2.50. The molecule has 0 aliphatic heterocycles. The van der Waals surface area contributed by atoms with Crippen molar-refractivity contribution in [2.75, 3.05) is 0 Å². The van der Waals surface area contributed by atoms with E-state index in [0.29, 0.717) is 0 Å². The number of allylic oxidation sites excluding steroid dienone is 2. The zero-order valence-electron chi connectivity index (χ0n) is 6.51. The van der Waals surface area contributed by atoms with Gasteiger partial charge >= 0.3 is 0 Å². The highest BCUT2D eigenvalue weighted by Gasteiger charge is 2.57. The molecule has 0 N–H and O–H groups in total. The van der Waals surface area contributed by atoms with E-state index in [1.807, 2.05) is 0 Å². The fraction of sp³-hybridized carbons (Fsp3) is 0.800. The lowest BCUT2D eigenvalue weighted by atomic mass is 9.56. The van der Waals surface area contributed by atoms with Gasteiger partial charge in [-0.25, -0.2) is 0 Å². The SMILES string of the molecule is CC12CCC1C1C=CC2C1. The lowest BCUT2D eigenvalue weighted by Crippen LogP contribution is -2.40. The Labute approximate surface area is 62.3 Å². The summed E-state index contributed by atoms with van der Waals surface area (Å²) in [5, 5.41) is 0. The maximum Gasteiger partial charge on any atom is -0.0171 e. The van der Waals surface area contributed by atoms with Crippen molar-refractivity contribution in [1.82, 2.24) is 0 Å². The molecule has 3 aliphatic rings. The van der Waals surface area contributed by atoms with Crippen molar-refractivity contribution in [3.8, 4) is 0 Å². The van der Waals surface area contributed by atoms with Crippen molar-refractivity contribution in [2.45, 2.75) is 26.2 Å². The van der Waals surface area contributed by atoms with E-state index in [9.17, 15) is 0 Å². The first-order valence-corrected chi connectivity index (χ1v) is 4.49. The molecule has 10 heavy (non-hydrogen) atoms. The molecule has 2 saturated carbocycles. The summed E-state index contributed by atoms with van der Waals surface area (Å²) in [6.45, 7) is 2.50. The predicted molar refractivity (Wildman–Crippen MR) is 41.6 cm³/mol. The number of rotatable bonds is 0. The minimum Gasteiger partial charge on any atom is -0.0848 e. The molecule has 54 valence electrons. The number of hydrogen-bond acceptors (Lipinski definition) is 0. The van der Waals surface area contributed by atoms with Crippen molar-refractivity contribution >= 4 is 0 Å². The van der Waals surface area contributed by atoms with Crippen LogP contribution in [0.15, 0.2) is 12.2 Å². The molecule has 2 fully saturated rings. The van der Waals surface area contributed by atoms with Crippen LogP contribution in [0.25, 0.3) is 0 Å². The molecule has 0 aromatic rings. The number of fused-ring (bicyclic) bond motifs is 5. The van der Waals surface area contributed by atoms with E-state index < -0.39 is 0 Å². The number of hydrogen-bond donors (Lipinski definition) is 0. The maximum absolute atomic E-state index is 2.50. The van der Waals surface area contributed by atoms with Crippen LogP contribution in [0.5, 0.6) is 0 Å². The van der Waals surface area contributed by atoms with Crippen LogP contribution in [0, 0.1) is 23.2 Å². The van der Waals surface area contributed by atoms with Gasteiger partial charge in [0.25, 0.3) is 0 Å². The van der Waals surface area contributed by atoms with E-state index >= 15 is 0 Å². The fourth-order valence-electron chi connectivity index (χ4n) is 3.44. The summed E-state index contributed by atoms with van der Waals surface area (Å²) < 4.78 is 0. The highest BCUT2D eigenvalue weighted by Crippen LogP contribution is 2.66. The molecule has 0 radical (unpaired) electrons. The molecular weight excluding hydrogens is 120 g/mol. The molecule has 0 aromatic carbocycles. The summed E-state index contributed by atoms with van der Waals surface area (Å²) in [6.07, 6.45) is 9.45. The highest BCUT2D eigenvalue weighted by atomic mass is 14.6. The van der Waals surface area contributed by atoms with Gasteiger partial charge in [0.15, 0.2) is 0 Å². The van der Waals surface area contributed by atoms with Gasteiger partial charge < -0.3 is 0 Å². The van der Waals surface area contributed by atoms with Crippen molar-refractivity contribution < 1.29 is 0 Å². The minimum absolute atomic E-state index is 0.763. The summed E-state index contributed by atoms with van der Waals surface area (Å²) in [7, 11) is 0. The van der Waals surface area contributed by atoms with Crippen molar-refractivity contribution in [1.29, 1.82) is 0 Å². The second kappa shape index (κ2) is 1.34. The lowest BCUT2D eigenvalue weighted by Gasteiger charge is -2.48. The third-order valence-electron chi connectivity index (χ3n) is 4.32. The summed E-state index contributed by atoms with van der Waals surface area (Å²) in [5.74, 6) is 3.04. The normalized spacial score (nSPS) is 62.3. The molecule has 0 heterocycles. The van der Waals surface area contributed by atoms with Crippen LogP contribution in [-0.4, -0.2) is 0 Å². The predicted octanol–water partition coefficient (Wildman–Crippen LogP) is 2.61. The molecule has 3 aliphatic carbocycles. The zero-order valence-corrected chi connectivity index (χ0v) is 6.51. The standard InChI is InChI=1S/C10H14/c1-10-5-4-9(10)7-2-3-8(10)6-7/h2-3,7-9H,4-6H2,1H3. The van der Waals surface area contributed by atoms with Gasteiger partial charge in [0.2, 0.25) is 0 Å². The monoisotopic (exact) mass is 134 g/mol. The molecule has 3 rings (SSSR count). The fourth-order valence-corrected chi connectivity index (χ4v) is 3.44. The van der Waals surface area contributed by atoms with Crippen molar-refractivity contribution in [3.63, 3.8) is 0 Å². The minimum atomic E-state index is 0.763. The van der Waals surface area contributed by atoms with Crippen molar-refractivity contribution in [3.05, 3.63) is 12.2 Å². The summed E-state index contributed by atoms with van der Waals surface area (Å²) >= 11 is 0. The topological polar surface area (TPSA) is 0 Å². The Balaban J connectivity index is 2.08. The third kappa shape index (κ3) is 0.372. The van der Waals surface area contributed by atoms with Crippen LogP contribution in [0.4, 0.5) is 0 Å². The summed E-state index contributed by atoms with van der Waals surface area (Å²) in [4.78, 5) is 0. The Bertz CT molecular complexity index is 204. The van der Waals surface area contributed by atoms with E-state index in [2.05, 4.69) is 19.1 Å². The van der Waals surface area contributed by atoms with Gasteiger partial charge in [-0.3, -0.25) is 0 Å². The van der Waals surface area contributed by atoms with Gasteiger partial charge in [-0.05, 0) is 42.4 Å². The van der Waals surface area contributed by atoms with Crippen LogP contribution in [-0.2, 0) is 0 Å². The summed E-state index contributed by atoms with van der Waals surface area (Å²) in [6, 6.07) is 0. The first kappa shape index (κ1) is 5.40. The molecule has 0 aromatic heterocycles. The first-order valence-electron chi connectivity index (χ1n) is 4.49. The van der Waals surface area contributed by atoms with Crippen LogP contribution in [0.1, 0.15) is 26.2 Å². The van der Waals surface area contributed by atoms with E-state index in [1.165, 1.54) is 19.3 Å². The Morgan fingerprint density at radius 1 is 1.40 bits per heavy atom. The van der Waals surface area contributed by atoms with Crippen LogP contribution >= 0.6 is 0 Å². The van der Waals surface area contributed by atoms with Gasteiger partial charge in [-0.15, -0.1) is 0 Å². The Morgan fingerprint density at radius 3 is 2.70 bits per heavy atom. The average molecular weight is 134 g/mol. The Morgan fingerprint density at radius 2 is 2.30 bits per heavy atom. The van der Waals surface area contributed by atoms with E-state index in [-0.39, 0.29) is 0 Å². The highest BCUT2D eigenvalue weighted by molar-refractivity contribution is 5.21. The van der Waals surface area contributed by atoms with Gasteiger partial charge in [-0.2, -0.15) is 0 Å². The van der Waals surface area contributed by atoms with Gasteiger partial charge in [0, 0.05) is 0 Å². The molecule has 4 atom stereocenters. The quantitative estimate of drug-likeness (QED) is 0.447. The van der Waals surface area contributed by atoms with Gasteiger partial charge in [0.05, 0.1) is 0 Å². The Kier molecular flexibility index (Phi) is 0.725. The van der Waals surface area contributed by atoms with Gasteiger partial charge in [0.1, 0.15) is 0 Å². The third-order valence-corrected chi connectivity index (χ3v) is 4.32. The van der Waals surface area contributed by atoms with E-state index in [1.54, 1.807) is 0 Å². The molecular formula is C10H14. The van der Waals surface area contributed by atoms with E-state index in [0.717, 1.165) is 23.2 Å². The van der Waals surface area contributed by atoms with Gasteiger partial charge in [-0.1, -0.05) is 19.1 Å². The molecule has 2 bridgehead atoms. The molecule has 0 amide bonds. The molecule has 0 nitrogen and oxygen atoms in total. The van der Waals surface area contributed by atoms with Crippen LogP contribution < -0.4 is 0 Å². The average Bonchev–Trinajstić information content (AvgIpc) is 2.36. The largest absolute Gasteiger partial charge is 0.0848 e. The molecule has 0 saturated heterocycles. The lowest BCUT2D eigenvalue weighted by molar-refractivity contribution is 0.0388. The van der Waals surface area contributed by atoms with E-state index in [4.69, 9.17) is 0 Å². The molecule has 0 spiro atoms. The smallest absolute Gasteiger partial charge is 0.0171 e. The van der Waals surface area contributed by atoms with Crippen molar-refractivity contribution in [2.24, 2.45) is 23.2 Å². The second-order valence-corrected chi connectivity index (χ2v) is 4.54. The molecule has 0 heteroatoms. The summed E-state index contributed by atoms with van der Waals surface area (Å²) in [5.41, 5.74) is 0.763. The van der Waals surface area contributed by atoms with Crippen LogP contribution in [0.3, 0.4) is 0 Å². The Hall–Kier alpha value is -0.260. The van der Waals surface area contributed by atoms with Crippen LogP contribution in [0.2, 0.25) is 0 Å². The first-order chi connectivity index (χ1) is 4.81. The second-order valence-electron chi connectivity index (χ2n) is 4.54. The zero-order chi connectivity index (χ0) is 6.77.